The number of H-pyrrole nitrogens is 4. The average molecular weight is 1810 g/mol. The number of carbonyl (C=O) groups excluding carboxylic acids is 6. The van der Waals surface area contributed by atoms with Gasteiger partial charge in [0.05, 0.1) is 134 Å². The van der Waals surface area contributed by atoms with Crippen LogP contribution in [0.4, 0.5) is 41.1 Å². The predicted molar refractivity (Wildman–Crippen MR) is 464 cm³/mol. The van der Waals surface area contributed by atoms with E-state index in [4.69, 9.17) is 24.1 Å². The lowest BCUT2D eigenvalue weighted by atomic mass is 9.89. The van der Waals surface area contributed by atoms with Crippen molar-refractivity contribution in [3.63, 3.8) is 0 Å². The minimum absolute atomic E-state index is 0.0349. The quantitative estimate of drug-likeness (QED) is 0.0302. The number of pyridine rings is 4. The molecule has 20 rings (SSSR count). The number of halogens is 2. The van der Waals surface area contributed by atoms with Gasteiger partial charge in [0.15, 0.2) is 0 Å². The summed E-state index contributed by atoms with van der Waals surface area (Å²) in [6.45, 7) is 3.22. The number of anilines is 4. The van der Waals surface area contributed by atoms with Crippen molar-refractivity contribution in [1.82, 2.24) is 130 Å². The fraction of sp³-hybridized carbons (Fsp3) is 0.198. The number of carboxylic acid groups (broad SMARTS) is 1. The first-order valence-corrected chi connectivity index (χ1v) is 42.6. The predicted octanol–water partition coefficient (Wildman–Crippen LogP) is 12.0. The number of thiazole rings is 4. The summed E-state index contributed by atoms with van der Waals surface area (Å²) < 4.78 is 47.5. The first kappa shape index (κ1) is 86.1. The highest BCUT2D eigenvalue weighted by Crippen LogP contribution is 2.39. The lowest BCUT2D eigenvalue weighted by Gasteiger charge is -2.34. The molecule has 47 heteroatoms. The lowest BCUT2D eigenvalue weighted by molar-refractivity contribution is -0.122. The van der Waals surface area contributed by atoms with E-state index < -0.39 is 18.5 Å². The molecule has 0 aromatic carbocycles. The highest BCUT2D eigenvalue weighted by atomic mass is 32.1. The monoisotopic (exact) mass is 1810 g/mol. The van der Waals surface area contributed by atoms with Crippen LogP contribution in [0.25, 0.3) is 87.8 Å². The van der Waals surface area contributed by atoms with Crippen molar-refractivity contribution in [2.24, 2.45) is 0 Å². The average Bonchev–Trinajstić information content (AvgIpc) is 1.69. The first-order chi connectivity index (χ1) is 62.7. The number of alkyl halides is 1. The van der Waals surface area contributed by atoms with Crippen LogP contribution >= 0.6 is 45.3 Å². The van der Waals surface area contributed by atoms with E-state index in [1.165, 1.54) is 73.2 Å². The number of hydrogen-bond acceptors (Lipinski definition) is 30. The van der Waals surface area contributed by atoms with Crippen molar-refractivity contribution in [2.75, 3.05) is 87.2 Å². The van der Waals surface area contributed by atoms with Gasteiger partial charge in [0.25, 0.3) is 30.1 Å². The molecule has 41 nitrogen and oxygen atoms in total. The van der Waals surface area contributed by atoms with E-state index in [0.717, 1.165) is 35.1 Å². The molecule has 16 aromatic heterocycles. The van der Waals surface area contributed by atoms with Crippen LogP contribution < -0.4 is 21.3 Å². The Balaban J connectivity index is 0.000000124. The minimum Gasteiger partial charge on any atom is -0.483 e. The third kappa shape index (κ3) is 20.8. The highest BCUT2D eigenvalue weighted by molar-refractivity contribution is 7.14. The number of aromatic amines is 4. The van der Waals surface area contributed by atoms with Gasteiger partial charge in [-0.3, -0.25) is 73.7 Å². The number of carbonyl (C=O) groups is 7. The summed E-state index contributed by atoms with van der Waals surface area (Å²) in [7, 11) is 0. The summed E-state index contributed by atoms with van der Waals surface area (Å²) in [5.74, 6) is -1.67. The maximum Gasteiger partial charge on any atom is 0.344 e. The molecule has 0 spiro atoms. The number of nitrogens with one attached hydrogen (secondary N) is 8. The number of morpholine rings is 2. The molecule has 9 N–H and O–H groups in total. The Labute approximate surface area is 737 Å². The number of allylic oxidation sites excluding steroid dienone is 2. The number of hydrogen-bond donors (Lipinski definition) is 9. The van der Waals surface area contributed by atoms with Crippen LogP contribution in [0.3, 0.4) is 0 Å². The molecule has 4 aliphatic rings. The Morgan fingerprint density at radius 1 is 0.477 bits per heavy atom. The third-order valence-electron chi connectivity index (χ3n) is 19.4. The first-order valence-electron chi connectivity index (χ1n) is 39.1. The second kappa shape index (κ2) is 40.9. The standard InChI is InChI=1S/C21H20FN7O2S.2C20H18N8O3S.C19H14FN7OS.CH2O2/c22-4-6-31-15-7-14(8-15)29-11-17(19(28-29)16-3-1-2-5-23-16)26-20(30)18-12-32-21(27-18)13-9-24-25-10-13;2*29-18(16-12-32-19(25-16)13-9-22-23-10-13)24-15-11-28(20(30)27-5-7-31-8-6-27)26-17(15)14-3-1-2-4-21-14;20-12-5-13(6-12)27-9-15(17(26-27)14-3-1-2-4-21-14)24-18(28)16-10-29-19(25-16)11-7-22-23-8-11;2-1-3/h1-3,5,9-12,14-15H,4,6-8H2,(H,24,25)(H,26,30);2*1-4,9-12H,5-8H2,(H,22,23)(H,24,29);1-5,7-10,13H,6H2,(H,22,23)(H,24,28);1H,(H,2,3). The number of rotatable bonds is 21. The number of amides is 6. The molecule has 128 heavy (non-hydrogen) atoms. The van der Waals surface area contributed by atoms with E-state index in [2.05, 4.69) is 122 Å². The van der Waals surface area contributed by atoms with Gasteiger partial charge in [-0.05, 0) is 67.4 Å². The second-order valence-electron chi connectivity index (χ2n) is 27.8. The SMILES string of the molecule is O=C(Nc1cn(C(=O)N2CCOCC2)nc1-c1ccccn1)c1csc(-c2cn[nH]c2)n1.O=C(Nc1cn(C(=O)N2CCOCC2)nc1-c1ccccn1)c1csc(-c2cn[nH]c2)n1.O=C(Nc1cn(C2C=C(F)C2)nc1-c1ccccn1)c1csc(-c2cn[nH]c2)n1.O=C(Nc1cn(C2CC(OCCF)C2)nc1-c1ccccn1)c1csc(-c2cn[nH]c2)n1.O=CO. The third-order valence-corrected chi connectivity index (χ3v) is 23.0. The normalized spacial score (nSPS) is 15.0. The zero-order valence-corrected chi connectivity index (χ0v) is 70.1. The topological polar surface area (TPSA) is 511 Å². The lowest BCUT2D eigenvalue weighted by Crippen LogP contribution is -2.43. The highest BCUT2D eigenvalue weighted by Gasteiger charge is 2.34. The molecule has 1 unspecified atom stereocenters. The van der Waals surface area contributed by atoms with Crippen LogP contribution in [0.2, 0.25) is 0 Å². The molecule has 0 bridgehead atoms. The molecule has 6 amide bonds. The molecule has 1 saturated carbocycles. The Kier molecular flexibility index (Phi) is 27.5. The smallest absolute Gasteiger partial charge is 0.344 e. The molecule has 18 heterocycles. The zero-order chi connectivity index (χ0) is 88.2. The summed E-state index contributed by atoms with van der Waals surface area (Å²) >= 11 is 5.40. The van der Waals surface area contributed by atoms with Crippen molar-refractivity contribution in [1.29, 1.82) is 0 Å². The fourth-order valence-electron chi connectivity index (χ4n) is 12.9. The summed E-state index contributed by atoms with van der Waals surface area (Å²) in [5.41, 5.74) is 10.4. The molecular weight excluding hydrogens is 1740 g/mol. The Bertz CT molecular complexity index is 6250. The van der Waals surface area contributed by atoms with E-state index in [-0.39, 0.29) is 78.8 Å². The van der Waals surface area contributed by atoms with Gasteiger partial charge in [-0.25, -0.2) is 38.3 Å². The van der Waals surface area contributed by atoms with Gasteiger partial charge in [-0.1, -0.05) is 24.3 Å². The molecule has 1 atom stereocenters. The van der Waals surface area contributed by atoms with Crippen LogP contribution in [0.15, 0.2) is 205 Å². The van der Waals surface area contributed by atoms with Crippen molar-refractivity contribution in [3.8, 4) is 87.8 Å². The number of nitrogens with zero attached hydrogens (tertiary/aromatic N) is 22. The van der Waals surface area contributed by atoms with Crippen LogP contribution in [-0.4, -0.2) is 249 Å². The Morgan fingerprint density at radius 3 is 1.10 bits per heavy atom. The Morgan fingerprint density at radius 2 is 0.797 bits per heavy atom. The van der Waals surface area contributed by atoms with E-state index in [1.807, 2.05) is 41.1 Å². The summed E-state index contributed by atoms with van der Waals surface area (Å²) in [6, 6.07) is 21.1. The van der Waals surface area contributed by atoms with Crippen molar-refractivity contribution in [2.45, 2.75) is 37.5 Å². The maximum absolute atomic E-state index is 13.2. The zero-order valence-electron chi connectivity index (χ0n) is 66.8. The molecule has 2 aliphatic heterocycles. The summed E-state index contributed by atoms with van der Waals surface area (Å²) in [6.07, 6.45) is 29.9. The molecular formula is C81H72F2N30O11S4. The van der Waals surface area contributed by atoms with Crippen LogP contribution in [0.5, 0.6) is 0 Å². The van der Waals surface area contributed by atoms with Crippen LogP contribution in [-0.2, 0) is 19.0 Å². The van der Waals surface area contributed by atoms with Gasteiger partial charge in [-0.2, -0.15) is 50.2 Å². The molecule has 3 fully saturated rings. The molecule has 16 aromatic rings. The molecule has 2 saturated heterocycles. The number of ether oxygens (including phenoxy) is 3. The van der Waals surface area contributed by atoms with E-state index in [9.17, 15) is 37.5 Å². The van der Waals surface area contributed by atoms with Crippen molar-refractivity contribution >= 4 is 110 Å². The van der Waals surface area contributed by atoms with Gasteiger partial charge in [0.2, 0.25) is 0 Å². The summed E-state index contributed by atoms with van der Waals surface area (Å²) in [5, 5.41) is 72.4. The van der Waals surface area contributed by atoms with E-state index in [1.54, 1.807) is 159 Å². The molecule has 2 aliphatic carbocycles. The fourth-order valence-corrected chi connectivity index (χ4v) is 16.0. The van der Waals surface area contributed by atoms with Crippen LogP contribution in [0, 0.1) is 0 Å². The van der Waals surface area contributed by atoms with Crippen LogP contribution in [0.1, 0.15) is 73.3 Å². The second-order valence-corrected chi connectivity index (χ2v) is 31.2. The maximum atomic E-state index is 13.2. The van der Waals surface area contributed by atoms with Gasteiger partial charge in [0, 0.05) is 138 Å². The number of aromatic nitrogens is 24. The van der Waals surface area contributed by atoms with Gasteiger partial charge >= 0.3 is 12.1 Å². The van der Waals surface area contributed by atoms with Crippen molar-refractivity contribution in [3.05, 3.63) is 228 Å². The van der Waals surface area contributed by atoms with Gasteiger partial charge in [0.1, 0.15) is 78.1 Å². The molecule has 650 valence electrons. The Hall–Kier alpha value is -15.4. The molecule has 0 radical (unpaired) electrons. The van der Waals surface area contributed by atoms with Gasteiger partial charge < -0.3 is 50.4 Å². The van der Waals surface area contributed by atoms with E-state index >= 15 is 0 Å². The largest absolute Gasteiger partial charge is 0.483 e. The van der Waals surface area contributed by atoms with Gasteiger partial charge in [-0.15, -0.1) is 45.3 Å². The summed E-state index contributed by atoms with van der Waals surface area (Å²) in [4.78, 5) is 124. The van der Waals surface area contributed by atoms with E-state index in [0.29, 0.717) is 152 Å². The van der Waals surface area contributed by atoms with Crippen molar-refractivity contribution < 1.29 is 61.7 Å². The minimum atomic E-state index is -0.484.